The van der Waals surface area contributed by atoms with Crippen LogP contribution in [0.4, 0.5) is 0 Å². The second-order valence-electron chi connectivity index (χ2n) is 14.9. The molecule has 2 bridgehead atoms. The normalized spacial score (nSPS) is 24.1. The van der Waals surface area contributed by atoms with E-state index in [0.717, 1.165) is 21.6 Å². The topological polar surface area (TPSA) is 395 Å². The molecule has 1 aromatic carbocycles. The summed E-state index contributed by atoms with van der Waals surface area (Å²) in [5.41, 5.74) is 22.0. The van der Waals surface area contributed by atoms with Crippen LogP contribution in [0.25, 0.3) is 0 Å². The average Bonchev–Trinajstić information content (AvgIpc) is 3.86. The number of rotatable bonds is 14. The Labute approximate surface area is 369 Å². The minimum Gasteiger partial charge on any atom is -0.508 e. The Balaban J connectivity index is 1.56. The van der Waals surface area contributed by atoms with Gasteiger partial charge in [-0.05, 0) is 43.4 Å². The number of aromatic hydroxyl groups is 1. The molecule has 10 amide bonds. The van der Waals surface area contributed by atoms with E-state index >= 15 is 0 Å². The van der Waals surface area contributed by atoms with Crippen molar-refractivity contribution in [1.29, 1.82) is 0 Å². The Kier molecular flexibility index (Phi) is 18.6. The molecule has 344 valence electrons. The summed E-state index contributed by atoms with van der Waals surface area (Å²) in [6.45, 7) is -0.300. The summed E-state index contributed by atoms with van der Waals surface area (Å²) in [6, 6.07) is -2.99. The summed E-state index contributed by atoms with van der Waals surface area (Å²) >= 11 is 0. The molecule has 1 aromatic rings. The highest BCUT2D eigenvalue weighted by atomic mass is 33.1. The zero-order valence-corrected chi connectivity index (χ0v) is 35.7. The van der Waals surface area contributed by atoms with Gasteiger partial charge >= 0.3 is 0 Å². The molecular formula is C37H53N13O11S2. The minimum absolute atomic E-state index is 0.0114. The number of hydrogen-bond donors (Lipinski definition) is 12. The van der Waals surface area contributed by atoms with E-state index in [-0.39, 0.29) is 74.8 Å². The van der Waals surface area contributed by atoms with Gasteiger partial charge < -0.3 is 70.2 Å². The molecule has 0 aromatic heterocycles. The predicted octanol–water partition coefficient (Wildman–Crippen LogP) is -5.45. The van der Waals surface area contributed by atoms with E-state index in [2.05, 4.69) is 42.2 Å². The minimum atomic E-state index is -1.62. The van der Waals surface area contributed by atoms with Crippen LogP contribution in [0.5, 0.6) is 5.75 Å². The molecule has 3 aliphatic rings. The Morgan fingerprint density at radius 3 is 2.17 bits per heavy atom. The number of aliphatic imine (C=N–C) groups is 1. The molecule has 0 unspecified atom stereocenters. The number of likely N-dealkylation sites (tertiary alicyclic amines) is 1. The van der Waals surface area contributed by atoms with Crippen LogP contribution in [-0.4, -0.2) is 148 Å². The van der Waals surface area contributed by atoms with Crippen molar-refractivity contribution in [1.82, 2.24) is 42.1 Å². The van der Waals surface area contributed by atoms with Crippen LogP contribution < -0.4 is 60.2 Å². The number of carbonyl (C=O) groups excluding carboxylic acids is 10. The smallest absolute Gasteiger partial charge is 0.246 e. The van der Waals surface area contributed by atoms with Crippen LogP contribution in [0.15, 0.2) is 29.3 Å². The van der Waals surface area contributed by atoms with Crippen molar-refractivity contribution in [2.24, 2.45) is 27.9 Å². The average molecular weight is 920 g/mol. The van der Waals surface area contributed by atoms with Crippen LogP contribution in [-0.2, 0) is 54.4 Å². The summed E-state index contributed by atoms with van der Waals surface area (Å²) in [4.78, 5) is 137. The van der Waals surface area contributed by atoms with Gasteiger partial charge in [0.25, 0.3) is 0 Å². The van der Waals surface area contributed by atoms with Crippen molar-refractivity contribution < 1.29 is 53.1 Å². The first-order valence-electron chi connectivity index (χ1n) is 20.0. The second-order valence-corrected chi connectivity index (χ2v) is 17.5. The summed E-state index contributed by atoms with van der Waals surface area (Å²) in [6.07, 6.45) is -0.241. The lowest BCUT2D eigenvalue weighted by Gasteiger charge is -2.30. The lowest BCUT2D eigenvalue weighted by molar-refractivity contribution is -0.142. The van der Waals surface area contributed by atoms with Crippen LogP contribution in [0, 0.1) is 0 Å². The van der Waals surface area contributed by atoms with Gasteiger partial charge in [0.05, 0.1) is 13.0 Å². The standard InChI is InChI=1S/C37H53N13O11S2/c38-27(52)15-24-34(59)49-25(36(61)50-11-2-4-26(50)35(60)45-20(3-1-10-42-37(40)41)30(55)43-16-28(39)53)17-63-62-12-9-29(54)44-21(13-18-5-7-19(51)8-6-18)31(56)46-22-14-23(33(58)48-24)47-32(22)57/h5-8,20-26,51H,1-4,9-17H2,(H2,38,52)(H2,39,53)(H,43,55)(H,44,54)(H,45,60)(H,46,56)(H,47,57)(H,48,58)(H,49,59)(H4,40,41,42)/t20-,21-,22+,23+,24-,25-,26-/m0/s1. The third kappa shape index (κ3) is 15.5. The van der Waals surface area contributed by atoms with Crippen LogP contribution in [0.2, 0.25) is 0 Å². The summed E-state index contributed by atoms with van der Waals surface area (Å²) in [5, 5.41) is 27.4. The fourth-order valence-corrected chi connectivity index (χ4v) is 9.01. The Morgan fingerprint density at radius 1 is 0.841 bits per heavy atom. The molecule has 7 atom stereocenters. The molecule has 4 rings (SSSR count). The van der Waals surface area contributed by atoms with E-state index in [1.54, 1.807) is 12.1 Å². The third-order valence-corrected chi connectivity index (χ3v) is 12.4. The first-order valence-corrected chi connectivity index (χ1v) is 22.4. The SMILES string of the molecule is NC(=O)CNC(=O)[C@H](CCCN=C(N)N)NC(=O)[C@@H]1CCCN1C(=O)[C@@H]1CSSCCC(=O)N[C@@H](Cc2ccc(O)cc2)C(=O)N[C@@H]2C[C@@H](NC2=O)C(=O)N[C@@H](CC(N)=O)C(=O)N1. The van der Waals surface area contributed by atoms with Crippen molar-refractivity contribution in [2.45, 2.75) is 93.7 Å². The summed E-state index contributed by atoms with van der Waals surface area (Å²) in [7, 11) is 2.26. The molecule has 63 heavy (non-hydrogen) atoms. The van der Waals surface area contributed by atoms with Crippen molar-refractivity contribution >= 4 is 86.6 Å². The third-order valence-electron chi connectivity index (χ3n) is 10.0. The highest BCUT2D eigenvalue weighted by molar-refractivity contribution is 8.76. The van der Waals surface area contributed by atoms with Crippen molar-refractivity contribution in [2.75, 3.05) is 31.1 Å². The molecule has 3 heterocycles. The lowest BCUT2D eigenvalue weighted by Crippen LogP contribution is -2.59. The highest BCUT2D eigenvalue weighted by Crippen LogP contribution is 2.26. The molecule has 26 heteroatoms. The van der Waals surface area contributed by atoms with E-state index in [1.807, 2.05) is 0 Å². The second kappa shape index (κ2) is 23.8. The first kappa shape index (κ1) is 49.3. The molecular weight excluding hydrogens is 867 g/mol. The van der Waals surface area contributed by atoms with E-state index in [4.69, 9.17) is 22.9 Å². The molecule has 16 N–H and O–H groups in total. The number of phenolic OH excluding ortho intramolecular Hbond substituents is 1. The zero-order chi connectivity index (χ0) is 46.2. The Bertz CT molecular complexity index is 1940. The van der Waals surface area contributed by atoms with E-state index in [9.17, 15) is 53.1 Å². The monoisotopic (exact) mass is 919 g/mol. The van der Waals surface area contributed by atoms with Gasteiger partial charge in [0.1, 0.15) is 48.0 Å². The largest absolute Gasteiger partial charge is 0.508 e. The number of nitrogens with zero attached hydrogens (tertiary/aromatic N) is 2. The van der Waals surface area contributed by atoms with Gasteiger partial charge in [-0.2, -0.15) is 0 Å². The molecule has 3 saturated heterocycles. The van der Waals surface area contributed by atoms with Crippen LogP contribution in [0.1, 0.15) is 50.5 Å². The van der Waals surface area contributed by atoms with Gasteiger partial charge in [-0.1, -0.05) is 33.7 Å². The van der Waals surface area contributed by atoms with E-state index in [1.165, 1.54) is 17.0 Å². The number of carbonyl (C=O) groups is 10. The number of primary amides is 2. The van der Waals surface area contributed by atoms with E-state index < -0.39 is 114 Å². The lowest BCUT2D eigenvalue weighted by atomic mass is 10.0. The molecule has 0 spiro atoms. The number of phenols is 1. The van der Waals surface area contributed by atoms with Gasteiger partial charge in [0, 0.05) is 43.9 Å². The van der Waals surface area contributed by atoms with Crippen molar-refractivity contribution in [3.05, 3.63) is 29.8 Å². The summed E-state index contributed by atoms with van der Waals surface area (Å²) in [5.74, 6) is -7.94. The number of benzene rings is 1. The van der Waals surface area contributed by atoms with Crippen molar-refractivity contribution in [3.63, 3.8) is 0 Å². The van der Waals surface area contributed by atoms with Crippen LogP contribution in [0.3, 0.4) is 0 Å². The van der Waals surface area contributed by atoms with Gasteiger partial charge in [0.2, 0.25) is 59.1 Å². The number of amides is 10. The van der Waals surface area contributed by atoms with Crippen molar-refractivity contribution in [3.8, 4) is 5.75 Å². The summed E-state index contributed by atoms with van der Waals surface area (Å²) < 4.78 is 0. The maximum atomic E-state index is 14.3. The Morgan fingerprint density at radius 2 is 1.51 bits per heavy atom. The van der Waals surface area contributed by atoms with Gasteiger partial charge in [0.15, 0.2) is 5.96 Å². The zero-order valence-electron chi connectivity index (χ0n) is 34.1. The van der Waals surface area contributed by atoms with Crippen LogP contribution >= 0.6 is 21.6 Å². The quantitative estimate of drug-likeness (QED) is 0.0359. The Hall–Kier alpha value is -6.31. The van der Waals surface area contributed by atoms with Gasteiger partial charge in [-0.25, -0.2) is 0 Å². The first-order chi connectivity index (χ1) is 29.9. The molecule has 0 radical (unpaired) electrons. The number of nitrogens with two attached hydrogens (primary N) is 4. The molecule has 3 aliphatic heterocycles. The fourth-order valence-electron chi connectivity index (χ4n) is 6.87. The number of fused-ring (bicyclic) bond motifs is 2. The van der Waals surface area contributed by atoms with Gasteiger partial charge in [-0.15, -0.1) is 0 Å². The highest BCUT2D eigenvalue weighted by Gasteiger charge is 2.42. The van der Waals surface area contributed by atoms with Gasteiger partial charge in [-0.3, -0.25) is 52.9 Å². The molecule has 0 saturated carbocycles. The number of nitrogens with one attached hydrogen (secondary N) is 7. The number of hydrogen-bond acceptors (Lipinski definition) is 14. The maximum Gasteiger partial charge on any atom is 0.246 e. The molecule has 24 nitrogen and oxygen atoms in total. The molecule has 3 fully saturated rings. The van der Waals surface area contributed by atoms with E-state index in [0.29, 0.717) is 12.0 Å². The predicted molar refractivity (Wildman–Crippen MR) is 228 cm³/mol. The molecule has 0 aliphatic carbocycles. The maximum absolute atomic E-state index is 14.3. The number of guanidine groups is 1. The fraction of sp³-hybridized carbons (Fsp3) is 0.541.